The van der Waals surface area contributed by atoms with E-state index in [1.807, 2.05) is 0 Å². The van der Waals surface area contributed by atoms with Crippen molar-refractivity contribution in [3.05, 3.63) is 53.6 Å². The van der Waals surface area contributed by atoms with Gasteiger partial charge in [-0.15, -0.1) is 20.5 Å². The minimum atomic E-state index is -4.90. The van der Waals surface area contributed by atoms with Gasteiger partial charge in [-0.25, -0.2) is 13.2 Å². The molecule has 0 heterocycles. The Morgan fingerprint density at radius 2 is 1.51 bits per heavy atom. The van der Waals surface area contributed by atoms with Crippen LogP contribution in [0.15, 0.2) is 72.7 Å². The van der Waals surface area contributed by atoms with Crippen LogP contribution in [0, 0.1) is 6.92 Å². The Morgan fingerprint density at radius 3 is 2.12 bits per heavy atom. The Labute approximate surface area is 235 Å². The first-order valence-corrected chi connectivity index (χ1v) is 14.6. The van der Waals surface area contributed by atoms with Crippen molar-refractivity contribution in [1.82, 2.24) is 0 Å². The number of ether oxygens (including phenoxy) is 2. The van der Waals surface area contributed by atoms with Crippen LogP contribution < -0.4 is 16.2 Å². The Bertz CT molecular complexity index is 1770. The highest BCUT2D eigenvalue weighted by atomic mass is 32.2. The molecule has 3 rings (SSSR count). The van der Waals surface area contributed by atoms with E-state index in [0.717, 1.165) is 6.07 Å². The molecule has 0 aliphatic rings. The van der Waals surface area contributed by atoms with Crippen molar-refractivity contribution in [2.75, 3.05) is 38.0 Å². The van der Waals surface area contributed by atoms with Gasteiger partial charge < -0.3 is 26.0 Å². The molecular weight excluding hydrogens is 580 g/mol. The molecule has 0 fully saturated rings. The number of nitrogen functional groups attached to an aromatic ring is 2. The third kappa shape index (κ3) is 6.83. The van der Waals surface area contributed by atoms with E-state index >= 15 is 0 Å². The number of nitrogens with zero attached hydrogens (tertiary/aromatic N) is 4. The standard InChI is InChI=1S/C24H26N6O9S2/c1-13-10-16(18(38-2)12-19(13)40(33,34)9-8-31)28-30-23-21(25)17(11-20(22(23)26)41(35,36)37)29-27-15-7-5-4-6-14(15)24(32)39-3/h4-7,10-12,31H,8-9,25-26H2,1-3H3,(H,35,36,37)/b29-27+,30-28+. The molecule has 0 amide bonds. The summed E-state index contributed by atoms with van der Waals surface area (Å²) in [6.07, 6.45) is 0. The van der Waals surface area contributed by atoms with E-state index < -0.39 is 54.6 Å². The quantitative estimate of drug-likeness (QED) is 0.112. The molecule has 0 spiro atoms. The number of nitrogens with two attached hydrogens (primary N) is 2. The highest BCUT2D eigenvalue weighted by Crippen LogP contribution is 2.44. The topological polar surface area (TPSA) is 246 Å². The molecule has 218 valence electrons. The SMILES string of the molecule is COC(=O)c1ccccc1/N=N/c1cc(S(=O)(=O)O)c(N)c(/N=N/c2cc(C)c(S(=O)(=O)CCO)cc2OC)c1N. The van der Waals surface area contributed by atoms with Crippen LogP contribution in [-0.2, 0) is 24.7 Å². The first kappa shape index (κ1) is 31.1. The van der Waals surface area contributed by atoms with Crippen LogP contribution in [0.2, 0.25) is 0 Å². The maximum atomic E-state index is 12.5. The Balaban J connectivity index is 2.18. The number of azo groups is 2. The lowest BCUT2D eigenvalue weighted by Crippen LogP contribution is -2.11. The van der Waals surface area contributed by atoms with Gasteiger partial charge in [-0.05, 0) is 36.8 Å². The summed E-state index contributed by atoms with van der Waals surface area (Å²) in [5.74, 6) is -1.22. The number of anilines is 2. The van der Waals surface area contributed by atoms with E-state index in [1.54, 1.807) is 12.1 Å². The molecule has 0 aromatic heterocycles. The van der Waals surface area contributed by atoms with Gasteiger partial charge in [-0.3, -0.25) is 4.55 Å². The summed E-state index contributed by atoms with van der Waals surface area (Å²) in [4.78, 5) is 11.2. The van der Waals surface area contributed by atoms with Gasteiger partial charge in [0.1, 0.15) is 33.4 Å². The number of hydrogen-bond acceptors (Lipinski definition) is 14. The Hall–Kier alpha value is -4.45. The molecule has 0 unspecified atom stereocenters. The van der Waals surface area contributed by atoms with Gasteiger partial charge >= 0.3 is 5.97 Å². The second-order valence-corrected chi connectivity index (χ2v) is 11.8. The number of esters is 1. The fraction of sp³-hybridized carbons (Fsp3) is 0.208. The summed E-state index contributed by atoms with van der Waals surface area (Å²) in [6.45, 7) is 0.914. The number of carbonyl (C=O) groups excluding carboxylic acids is 1. The molecule has 0 aliphatic heterocycles. The maximum absolute atomic E-state index is 12.5. The Morgan fingerprint density at radius 1 is 0.878 bits per heavy atom. The first-order valence-electron chi connectivity index (χ1n) is 11.5. The van der Waals surface area contributed by atoms with Crippen LogP contribution in [0.3, 0.4) is 0 Å². The number of aliphatic hydroxyl groups is 1. The zero-order chi connectivity index (χ0) is 30.5. The van der Waals surface area contributed by atoms with E-state index in [9.17, 15) is 26.2 Å². The highest BCUT2D eigenvalue weighted by molar-refractivity contribution is 7.91. The summed E-state index contributed by atoms with van der Waals surface area (Å²) >= 11 is 0. The summed E-state index contributed by atoms with van der Waals surface area (Å²) in [7, 11) is -6.29. The Kier molecular flexibility index (Phi) is 9.38. The molecular formula is C24H26N6O9S2. The number of methoxy groups -OCH3 is 2. The van der Waals surface area contributed by atoms with Crippen molar-refractivity contribution < 1.29 is 40.8 Å². The number of carbonyl (C=O) groups is 1. The third-order valence-corrected chi connectivity index (χ3v) is 8.33. The molecule has 3 aromatic carbocycles. The van der Waals surface area contributed by atoms with Crippen LogP contribution in [0.5, 0.6) is 5.75 Å². The van der Waals surface area contributed by atoms with Crippen molar-refractivity contribution in [1.29, 1.82) is 0 Å². The number of hydrogen-bond donors (Lipinski definition) is 4. The maximum Gasteiger partial charge on any atom is 0.340 e. The summed E-state index contributed by atoms with van der Waals surface area (Å²) < 4.78 is 68.8. The summed E-state index contributed by atoms with van der Waals surface area (Å²) in [6, 6.07) is 9.45. The normalized spacial score (nSPS) is 12.2. The van der Waals surface area contributed by atoms with E-state index in [-0.39, 0.29) is 44.5 Å². The van der Waals surface area contributed by atoms with Gasteiger partial charge in [0.15, 0.2) is 9.84 Å². The summed E-state index contributed by atoms with van der Waals surface area (Å²) in [5.41, 5.74) is 11.1. The van der Waals surface area contributed by atoms with Gasteiger partial charge in [-0.2, -0.15) is 8.42 Å². The zero-order valence-corrected chi connectivity index (χ0v) is 23.6. The van der Waals surface area contributed by atoms with Gasteiger partial charge in [0.05, 0.1) is 48.4 Å². The van der Waals surface area contributed by atoms with Gasteiger partial charge in [-0.1, -0.05) is 12.1 Å². The van der Waals surface area contributed by atoms with Gasteiger partial charge in [0.2, 0.25) is 0 Å². The minimum Gasteiger partial charge on any atom is -0.494 e. The predicted octanol–water partition coefficient (Wildman–Crippen LogP) is 3.80. The van der Waals surface area contributed by atoms with Crippen molar-refractivity contribution in [3.8, 4) is 5.75 Å². The lowest BCUT2D eigenvalue weighted by molar-refractivity contribution is 0.0601. The molecule has 6 N–H and O–H groups in total. The van der Waals surface area contributed by atoms with Crippen molar-refractivity contribution in [2.24, 2.45) is 20.5 Å². The van der Waals surface area contributed by atoms with E-state index in [0.29, 0.717) is 0 Å². The average Bonchev–Trinajstić information content (AvgIpc) is 2.91. The number of sulfone groups is 1. The smallest absolute Gasteiger partial charge is 0.340 e. The van der Waals surface area contributed by atoms with Crippen LogP contribution >= 0.6 is 0 Å². The molecule has 17 heteroatoms. The molecule has 0 aliphatic carbocycles. The molecule has 0 atom stereocenters. The zero-order valence-electron chi connectivity index (χ0n) is 22.0. The van der Waals surface area contributed by atoms with E-state index in [4.69, 9.17) is 26.0 Å². The number of aryl methyl sites for hydroxylation is 1. The third-order valence-electron chi connectivity index (χ3n) is 5.60. The molecule has 0 bridgehead atoms. The minimum absolute atomic E-state index is 0.0155. The van der Waals surface area contributed by atoms with E-state index in [2.05, 4.69) is 20.5 Å². The molecule has 3 aromatic rings. The van der Waals surface area contributed by atoms with Crippen molar-refractivity contribution in [2.45, 2.75) is 16.7 Å². The first-order chi connectivity index (χ1) is 19.2. The summed E-state index contributed by atoms with van der Waals surface area (Å²) in [5, 5.41) is 25.0. The number of benzene rings is 3. The van der Waals surface area contributed by atoms with Crippen LogP contribution in [0.1, 0.15) is 15.9 Å². The average molecular weight is 607 g/mol. The largest absolute Gasteiger partial charge is 0.494 e. The fourth-order valence-electron chi connectivity index (χ4n) is 3.58. The molecule has 0 saturated heterocycles. The fourth-order valence-corrected chi connectivity index (χ4v) is 5.51. The van der Waals surface area contributed by atoms with Crippen molar-refractivity contribution >= 4 is 60.0 Å². The molecule has 0 saturated carbocycles. The second-order valence-electron chi connectivity index (χ2n) is 8.29. The van der Waals surface area contributed by atoms with Crippen molar-refractivity contribution in [3.63, 3.8) is 0 Å². The predicted molar refractivity (Wildman–Crippen MR) is 148 cm³/mol. The van der Waals surface area contributed by atoms with Crippen LogP contribution in [-0.4, -0.2) is 59.0 Å². The molecule has 15 nitrogen and oxygen atoms in total. The lowest BCUT2D eigenvalue weighted by Gasteiger charge is -2.12. The van der Waals surface area contributed by atoms with Gasteiger partial charge in [0, 0.05) is 6.07 Å². The highest BCUT2D eigenvalue weighted by Gasteiger charge is 2.24. The lowest BCUT2D eigenvalue weighted by atomic mass is 10.2. The number of aliphatic hydroxyl groups excluding tert-OH is 1. The second kappa shape index (κ2) is 12.4. The molecule has 0 radical (unpaired) electrons. The van der Waals surface area contributed by atoms with E-state index in [1.165, 1.54) is 45.4 Å². The van der Waals surface area contributed by atoms with Crippen LogP contribution in [0.25, 0.3) is 0 Å². The molecule has 41 heavy (non-hydrogen) atoms. The van der Waals surface area contributed by atoms with Crippen LogP contribution in [0.4, 0.5) is 34.1 Å². The number of rotatable bonds is 10. The van der Waals surface area contributed by atoms with Gasteiger partial charge in [0.25, 0.3) is 10.1 Å². The monoisotopic (exact) mass is 606 g/mol.